The molecule has 0 saturated carbocycles. The van der Waals surface area contributed by atoms with Crippen LogP contribution >= 0.6 is 0 Å². The second-order valence-corrected chi connectivity index (χ2v) is 10.0. The van der Waals surface area contributed by atoms with Crippen LogP contribution in [-0.2, 0) is 19.6 Å². The molecule has 0 radical (unpaired) electrons. The van der Waals surface area contributed by atoms with Crippen LogP contribution in [0.25, 0.3) is 22.4 Å². The van der Waals surface area contributed by atoms with Crippen LogP contribution in [-0.4, -0.2) is 52.2 Å². The van der Waals surface area contributed by atoms with Gasteiger partial charge < -0.3 is 14.5 Å². The summed E-state index contributed by atoms with van der Waals surface area (Å²) < 4.78 is 37.0. The Bertz CT molecular complexity index is 1310. The molecule has 3 rings (SSSR count). The molecule has 2 heterocycles. The Balaban J connectivity index is 2.08. The van der Waals surface area contributed by atoms with Crippen LogP contribution in [0.1, 0.15) is 40.7 Å². The Morgan fingerprint density at radius 1 is 1.15 bits per heavy atom. The van der Waals surface area contributed by atoms with Crippen molar-refractivity contribution in [3.8, 4) is 11.3 Å². The number of aromatic nitrogens is 1. The standard InChI is InChI=1S/C24H29N3O6S/c1-15-9-11-17(12-10-15)21-20(23(29)25-3)18-14-16(2)22(26-24(18)33-21)27(34(5,30)31)13-7-6-8-19(28)32-4/h9-12,14H,6-8,13H2,1-5H3,(H,25,29). The van der Waals surface area contributed by atoms with Crippen LogP contribution in [0.2, 0.25) is 0 Å². The van der Waals surface area contributed by atoms with Crippen molar-refractivity contribution in [3.63, 3.8) is 0 Å². The van der Waals surface area contributed by atoms with Gasteiger partial charge in [-0.25, -0.2) is 8.42 Å². The Labute approximate surface area is 199 Å². The lowest BCUT2D eigenvalue weighted by Crippen LogP contribution is -2.32. The van der Waals surface area contributed by atoms with Crippen molar-refractivity contribution in [2.45, 2.75) is 33.1 Å². The molecular weight excluding hydrogens is 458 g/mol. The molecule has 182 valence electrons. The van der Waals surface area contributed by atoms with E-state index < -0.39 is 10.0 Å². The van der Waals surface area contributed by atoms with Crippen molar-refractivity contribution < 1.29 is 27.2 Å². The van der Waals surface area contributed by atoms with E-state index in [4.69, 9.17) is 4.42 Å². The second-order valence-electron chi connectivity index (χ2n) is 8.10. The van der Waals surface area contributed by atoms with E-state index in [-0.39, 0.29) is 36.4 Å². The molecule has 10 heteroatoms. The van der Waals surface area contributed by atoms with E-state index >= 15 is 0 Å². The topological polar surface area (TPSA) is 119 Å². The van der Waals surface area contributed by atoms with Crippen molar-refractivity contribution in [1.82, 2.24) is 10.3 Å². The Kier molecular flexibility index (Phi) is 7.61. The molecule has 0 spiro atoms. The third kappa shape index (κ3) is 5.39. The van der Waals surface area contributed by atoms with Gasteiger partial charge in [-0.2, -0.15) is 4.98 Å². The molecule has 0 aliphatic heterocycles. The quantitative estimate of drug-likeness (QED) is 0.362. The Hall–Kier alpha value is -3.40. The maximum atomic E-state index is 12.8. The first-order valence-electron chi connectivity index (χ1n) is 10.8. The van der Waals surface area contributed by atoms with E-state index in [9.17, 15) is 18.0 Å². The van der Waals surface area contributed by atoms with Crippen molar-refractivity contribution in [3.05, 3.63) is 47.0 Å². The number of pyridine rings is 1. The summed E-state index contributed by atoms with van der Waals surface area (Å²) in [6.07, 6.45) is 2.22. The van der Waals surface area contributed by atoms with Crippen LogP contribution in [0.15, 0.2) is 34.7 Å². The minimum Gasteiger partial charge on any atom is -0.469 e. The number of carbonyl (C=O) groups excluding carboxylic acids is 2. The van der Waals surface area contributed by atoms with E-state index in [0.29, 0.717) is 40.7 Å². The predicted molar refractivity (Wildman–Crippen MR) is 130 cm³/mol. The van der Waals surface area contributed by atoms with Crippen molar-refractivity contribution in [2.24, 2.45) is 0 Å². The summed E-state index contributed by atoms with van der Waals surface area (Å²) in [6, 6.07) is 9.27. The van der Waals surface area contributed by atoms with Gasteiger partial charge in [0.05, 0.1) is 24.3 Å². The van der Waals surface area contributed by atoms with Gasteiger partial charge in [0, 0.05) is 25.6 Å². The summed E-state index contributed by atoms with van der Waals surface area (Å²) in [7, 11) is -0.812. The number of nitrogens with zero attached hydrogens (tertiary/aromatic N) is 2. The van der Waals surface area contributed by atoms with E-state index in [1.54, 1.807) is 13.0 Å². The largest absolute Gasteiger partial charge is 0.469 e. The number of fused-ring (bicyclic) bond motifs is 1. The van der Waals surface area contributed by atoms with Crippen LogP contribution in [0, 0.1) is 13.8 Å². The number of esters is 1. The van der Waals surface area contributed by atoms with E-state index in [2.05, 4.69) is 15.0 Å². The van der Waals surface area contributed by atoms with Gasteiger partial charge in [0.25, 0.3) is 5.91 Å². The van der Waals surface area contributed by atoms with Crippen molar-refractivity contribution in [1.29, 1.82) is 0 Å². The number of hydrogen-bond acceptors (Lipinski definition) is 7. The number of nitrogens with one attached hydrogen (secondary N) is 1. The maximum absolute atomic E-state index is 12.8. The molecule has 0 fully saturated rings. The number of amides is 1. The number of furan rings is 1. The van der Waals surface area contributed by atoms with E-state index in [1.807, 2.05) is 31.2 Å². The lowest BCUT2D eigenvalue weighted by Gasteiger charge is -2.22. The third-order valence-corrected chi connectivity index (χ3v) is 6.63. The number of benzene rings is 1. The van der Waals surface area contributed by atoms with Gasteiger partial charge in [0.1, 0.15) is 11.6 Å². The minimum absolute atomic E-state index is 0.142. The van der Waals surface area contributed by atoms with E-state index in [0.717, 1.165) is 11.8 Å². The third-order valence-electron chi connectivity index (χ3n) is 5.47. The zero-order chi connectivity index (χ0) is 25.0. The molecule has 2 aromatic heterocycles. The Morgan fingerprint density at radius 3 is 2.41 bits per heavy atom. The van der Waals surface area contributed by atoms with Crippen molar-refractivity contribution in [2.75, 3.05) is 31.3 Å². The fourth-order valence-corrected chi connectivity index (χ4v) is 4.64. The normalized spacial score (nSPS) is 11.4. The summed E-state index contributed by atoms with van der Waals surface area (Å²) >= 11 is 0. The number of rotatable bonds is 9. The zero-order valence-electron chi connectivity index (χ0n) is 20.0. The molecule has 0 saturated heterocycles. The predicted octanol–water partition coefficient (Wildman–Crippen LogP) is 3.58. The molecule has 1 N–H and O–H groups in total. The molecule has 3 aromatic rings. The summed E-state index contributed by atoms with van der Waals surface area (Å²) in [5.74, 6) is -0.0863. The highest BCUT2D eigenvalue weighted by Crippen LogP contribution is 2.36. The van der Waals surface area contributed by atoms with Crippen LogP contribution in [0.3, 0.4) is 0 Å². The highest BCUT2D eigenvalue weighted by molar-refractivity contribution is 7.92. The van der Waals surface area contributed by atoms with Gasteiger partial charge in [-0.1, -0.05) is 29.8 Å². The molecule has 0 unspecified atom stereocenters. The van der Waals surface area contributed by atoms with Gasteiger partial charge in [-0.05, 0) is 38.3 Å². The SMILES string of the molecule is CNC(=O)c1c(-c2ccc(C)cc2)oc2nc(N(CCCCC(=O)OC)S(C)(=O)=O)c(C)cc12. The van der Waals surface area contributed by atoms with Gasteiger partial charge in [-0.15, -0.1) is 0 Å². The van der Waals surface area contributed by atoms with Crippen LogP contribution in [0.4, 0.5) is 5.82 Å². The summed E-state index contributed by atoms with van der Waals surface area (Å²) in [4.78, 5) is 28.6. The van der Waals surface area contributed by atoms with Gasteiger partial charge in [0.15, 0.2) is 0 Å². The Morgan fingerprint density at radius 2 is 1.82 bits per heavy atom. The average molecular weight is 488 g/mol. The average Bonchev–Trinajstić information content (AvgIpc) is 3.15. The summed E-state index contributed by atoms with van der Waals surface area (Å²) in [5.41, 5.74) is 2.86. The fourth-order valence-electron chi connectivity index (χ4n) is 3.68. The monoisotopic (exact) mass is 487 g/mol. The number of carbonyl (C=O) groups is 2. The minimum atomic E-state index is -3.66. The number of aryl methyl sites for hydroxylation is 2. The molecular formula is C24H29N3O6S. The number of anilines is 1. The molecule has 0 bridgehead atoms. The molecule has 1 amide bonds. The zero-order valence-corrected chi connectivity index (χ0v) is 20.8. The van der Waals surface area contributed by atoms with Crippen LogP contribution in [0.5, 0.6) is 0 Å². The lowest BCUT2D eigenvalue weighted by molar-refractivity contribution is -0.140. The number of sulfonamides is 1. The van der Waals surface area contributed by atoms with Gasteiger partial charge in [0.2, 0.25) is 15.7 Å². The molecule has 0 atom stereocenters. The molecule has 0 aliphatic rings. The molecule has 1 aromatic carbocycles. The number of unbranched alkanes of at least 4 members (excludes halogenated alkanes) is 1. The summed E-state index contributed by atoms with van der Waals surface area (Å²) in [5, 5.41) is 3.14. The number of ether oxygens (including phenoxy) is 1. The number of methoxy groups -OCH3 is 1. The second kappa shape index (κ2) is 10.3. The fraction of sp³-hybridized carbons (Fsp3) is 0.375. The first-order valence-corrected chi connectivity index (χ1v) is 12.7. The highest BCUT2D eigenvalue weighted by atomic mass is 32.2. The first-order chi connectivity index (χ1) is 16.1. The molecule has 0 aliphatic carbocycles. The first kappa shape index (κ1) is 25.2. The molecule has 9 nitrogen and oxygen atoms in total. The van der Waals surface area contributed by atoms with Gasteiger partial charge >= 0.3 is 5.97 Å². The smallest absolute Gasteiger partial charge is 0.305 e. The van der Waals surface area contributed by atoms with Crippen LogP contribution < -0.4 is 9.62 Å². The maximum Gasteiger partial charge on any atom is 0.305 e. The highest BCUT2D eigenvalue weighted by Gasteiger charge is 2.26. The van der Waals surface area contributed by atoms with Gasteiger partial charge in [-0.3, -0.25) is 13.9 Å². The molecule has 34 heavy (non-hydrogen) atoms. The van der Waals surface area contributed by atoms with E-state index in [1.165, 1.54) is 18.5 Å². The van der Waals surface area contributed by atoms with Crippen molar-refractivity contribution >= 4 is 38.8 Å². The summed E-state index contributed by atoms with van der Waals surface area (Å²) in [6.45, 7) is 3.84. The lowest BCUT2D eigenvalue weighted by atomic mass is 10.0. The number of hydrogen-bond donors (Lipinski definition) is 1.